The highest BCUT2D eigenvalue weighted by Gasteiger charge is 2.21. The van der Waals surface area contributed by atoms with E-state index in [0.29, 0.717) is 17.1 Å². The maximum absolute atomic E-state index is 12.9. The molecule has 0 unspecified atom stereocenters. The molecule has 4 rings (SSSR count). The number of methoxy groups -OCH3 is 1. The number of hydrogen-bond donors (Lipinski definition) is 1. The topological polar surface area (TPSA) is 56.1 Å². The third-order valence-corrected chi connectivity index (χ3v) is 6.64. The number of carbonyl (C=O) groups excluding carboxylic acids is 1. The summed E-state index contributed by atoms with van der Waals surface area (Å²) in [6, 6.07) is 17.4. The Labute approximate surface area is 203 Å². The Bertz CT molecular complexity index is 1240. The lowest BCUT2D eigenvalue weighted by molar-refractivity contribution is 0.0952. The van der Waals surface area contributed by atoms with Gasteiger partial charge < -0.3 is 14.6 Å². The number of ether oxygens (including phenoxy) is 1. The molecule has 0 aliphatic heterocycles. The van der Waals surface area contributed by atoms with Crippen LogP contribution in [0, 0.1) is 6.92 Å². The first-order valence-electron chi connectivity index (χ1n) is 10.9. The van der Waals surface area contributed by atoms with E-state index >= 15 is 0 Å². The summed E-state index contributed by atoms with van der Waals surface area (Å²) in [7, 11) is 1.65. The lowest BCUT2D eigenvalue weighted by Crippen LogP contribution is -2.24. The Balaban J connectivity index is 1.76. The van der Waals surface area contributed by atoms with Crippen molar-refractivity contribution < 1.29 is 9.53 Å². The Morgan fingerprint density at radius 2 is 1.88 bits per heavy atom. The number of halogens is 1. The minimum atomic E-state index is -0.0690. The van der Waals surface area contributed by atoms with Gasteiger partial charge in [0.05, 0.1) is 24.1 Å². The molecule has 0 saturated heterocycles. The predicted octanol–water partition coefficient (Wildman–Crippen LogP) is 6.77. The average Bonchev–Trinajstić information content (AvgIpc) is 3.45. The van der Waals surface area contributed by atoms with Crippen molar-refractivity contribution in [2.24, 2.45) is 0 Å². The zero-order valence-corrected chi connectivity index (χ0v) is 20.5. The number of thiazole rings is 1. The predicted molar refractivity (Wildman–Crippen MR) is 136 cm³/mol. The zero-order chi connectivity index (χ0) is 23.4. The highest BCUT2D eigenvalue weighted by atomic mass is 35.5. The first-order chi connectivity index (χ1) is 16.0. The normalized spacial score (nSPS) is 10.9. The van der Waals surface area contributed by atoms with E-state index in [0.717, 1.165) is 51.9 Å². The first-order valence-corrected chi connectivity index (χ1v) is 12.1. The van der Waals surface area contributed by atoms with Crippen molar-refractivity contribution in [2.75, 3.05) is 13.7 Å². The highest BCUT2D eigenvalue weighted by molar-refractivity contribution is 7.13. The monoisotopic (exact) mass is 479 g/mol. The molecule has 0 fully saturated rings. The summed E-state index contributed by atoms with van der Waals surface area (Å²) >= 11 is 7.69. The van der Waals surface area contributed by atoms with Crippen molar-refractivity contribution >= 4 is 28.8 Å². The molecule has 1 N–H and O–H groups in total. The maximum atomic E-state index is 12.9. The van der Waals surface area contributed by atoms with E-state index in [-0.39, 0.29) is 5.91 Å². The van der Waals surface area contributed by atoms with Crippen LogP contribution < -0.4 is 10.1 Å². The summed E-state index contributed by atoms with van der Waals surface area (Å²) in [4.78, 5) is 17.8. The van der Waals surface area contributed by atoms with Gasteiger partial charge in [0.15, 0.2) is 0 Å². The number of aromatic nitrogens is 2. The van der Waals surface area contributed by atoms with E-state index in [9.17, 15) is 4.79 Å². The number of nitrogens with one attached hydrogen (secondary N) is 1. The van der Waals surface area contributed by atoms with Crippen LogP contribution in [-0.2, 0) is 0 Å². The lowest BCUT2D eigenvalue weighted by Gasteiger charge is -2.11. The quantitative estimate of drug-likeness (QED) is 0.284. The first kappa shape index (κ1) is 23.1. The summed E-state index contributed by atoms with van der Waals surface area (Å²) in [6.45, 7) is 4.73. The van der Waals surface area contributed by atoms with Gasteiger partial charge >= 0.3 is 0 Å². The van der Waals surface area contributed by atoms with Crippen LogP contribution in [0.25, 0.3) is 27.6 Å². The van der Waals surface area contributed by atoms with E-state index in [1.165, 1.54) is 0 Å². The number of carbonyl (C=O) groups is 1. The molecule has 0 radical (unpaired) electrons. The van der Waals surface area contributed by atoms with E-state index in [2.05, 4.69) is 16.8 Å². The fourth-order valence-electron chi connectivity index (χ4n) is 3.68. The van der Waals surface area contributed by atoms with Crippen LogP contribution in [0.3, 0.4) is 0 Å². The molecule has 0 aliphatic rings. The van der Waals surface area contributed by atoms with Crippen molar-refractivity contribution in [3.63, 3.8) is 0 Å². The molecule has 0 atom stereocenters. The standard InChI is InChI=1S/C26H26ClN3O2S/c1-4-5-14-28-25(31)22-15-24(30(17(22)2)20-10-8-19(27)9-11-20)23-16-33-26(29-23)18-6-12-21(32-3)13-7-18/h6-13,15-16H,4-5,14H2,1-3H3,(H,28,31). The number of benzene rings is 2. The van der Waals surface area contributed by atoms with Crippen molar-refractivity contribution in [1.82, 2.24) is 14.9 Å². The van der Waals surface area contributed by atoms with Gasteiger partial charge in [0.1, 0.15) is 10.8 Å². The van der Waals surface area contributed by atoms with Gasteiger partial charge in [-0.1, -0.05) is 24.9 Å². The number of unbranched alkanes of at least 4 members (excludes halogenated alkanes) is 1. The Kier molecular flexibility index (Phi) is 7.16. The van der Waals surface area contributed by atoms with Gasteiger partial charge in [-0.05, 0) is 67.9 Å². The van der Waals surface area contributed by atoms with Gasteiger partial charge in [-0.25, -0.2) is 4.98 Å². The molecule has 0 saturated carbocycles. The minimum absolute atomic E-state index is 0.0690. The van der Waals surface area contributed by atoms with E-state index in [1.807, 2.05) is 66.9 Å². The van der Waals surface area contributed by atoms with E-state index in [4.69, 9.17) is 21.3 Å². The fourth-order valence-corrected chi connectivity index (χ4v) is 4.63. The van der Waals surface area contributed by atoms with E-state index < -0.39 is 0 Å². The molecular weight excluding hydrogens is 454 g/mol. The molecule has 33 heavy (non-hydrogen) atoms. The van der Waals surface area contributed by atoms with Gasteiger partial charge in [0, 0.05) is 33.9 Å². The van der Waals surface area contributed by atoms with Gasteiger partial charge in [0.2, 0.25) is 0 Å². The molecule has 5 nitrogen and oxygen atoms in total. The Morgan fingerprint density at radius 3 is 2.55 bits per heavy atom. The zero-order valence-electron chi connectivity index (χ0n) is 18.9. The summed E-state index contributed by atoms with van der Waals surface area (Å²) in [5, 5.41) is 6.63. The van der Waals surface area contributed by atoms with Crippen LogP contribution in [0.2, 0.25) is 5.02 Å². The molecule has 2 aromatic carbocycles. The molecule has 2 heterocycles. The molecule has 4 aromatic rings. The van der Waals surface area contributed by atoms with E-state index in [1.54, 1.807) is 18.4 Å². The second-order valence-electron chi connectivity index (χ2n) is 7.72. The van der Waals surface area contributed by atoms with Gasteiger partial charge in [-0.2, -0.15) is 0 Å². The second kappa shape index (κ2) is 10.2. The number of hydrogen-bond acceptors (Lipinski definition) is 4. The van der Waals surface area contributed by atoms with Crippen molar-refractivity contribution in [3.8, 4) is 33.4 Å². The van der Waals surface area contributed by atoms with Gasteiger partial charge in [-0.3, -0.25) is 4.79 Å². The molecule has 1 amide bonds. The third kappa shape index (κ3) is 4.97. The van der Waals surface area contributed by atoms with Gasteiger partial charge in [-0.15, -0.1) is 11.3 Å². The fraction of sp³-hybridized carbons (Fsp3) is 0.231. The molecule has 0 bridgehead atoms. The summed E-state index contributed by atoms with van der Waals surface area (Å²) in [5.41, 5.74) is 5.14. The number of amides is 1. The van der Waals surface area contributed by atoms with Gasteiger partial charge in [0.25, 0.3) is 5.91 Å². The second-order valence-corrected chi connectivity index (χ2v) is 9.01. The Morgan fingerprint density at radius 1 is 1.15 bits per heavy atom. The molecular formula is C26H26ClN3O2S. The largest absolute Gasteiger partial charge is 0.497 e. The number of nitrogens with zero attached hydrogens (tertiary/aromatic N) is 2. The maximum Gasteiger partial charge on any atom is 0.253 e. The van der Waals surface area contributed by atoms with Crippen LogP contribution in [-0.4, -0.2) is 29.1 Å². The minimum Gasteiger partial charge on any atom is -0.497 e. The van der Waals surface area contributed by atoms with Crippen molar-refractivity contribution in [1.29, 1.82) is 0 Å². The van der Waals surface area contributed by atoms with Crippen LogP contribution in [0.5, 0.6) is 5.75 Å². The highest BCUT2D eigenvalue weighted by Crippen LogP contribution is 2.34. The van der Waals surface area contributed by atoms with Crippen LogP contribution in [0.4, 0.5) is 0 Å². The average molecular weight is 480 g/mol. The molecule has 0 spiro atoms. The summed E-state index contributed by atoms with van der Waals surface area (Å²) < 4.78 is 7.33. The molecule has 170 valence electrons. The smallest absolute Gasteiger partial charge is 0.253 e. The molecule has 7 heteroatoms. The summed E-state index contributed by atoms with van der Waals surface area (Å²) in [5.74, 6) is 0.738. The van der Waals surface area contributed by atoms with Crippen LogP contribution in [0.15, 0.2) is 60.0 Å². The third-order valence-electron chi connectivity index (χ3n) is 5.50. The van der Waals surface area contributed by atoms with Crippen molar-refractivity contribution in [2.45, 2.75) is 26.7 Å². The SMILES string of the molecule is CCCCNC(=O)c1cc(-c2csc(-c3ccc(OC)cc3)n2)n(-c2ccc(Cl)cc2)c1C. The summed E-state index contributed by atoms with van der Waals surface area (Å²) in [6.07, 6.45) is 1.98. The Hall–Kier alpha value is -3.09. The van der Waals surface area contributed by atoms with Crippen LogP contribution in [0.1, 0.15) is 35.8 Å². The lowest BCUT2D eigenvalue weighted by atomic mass is 10.2. The number of rotatable bonds is 8. The molecule has 2 aromatic heterocycles. The van der Waals surface area contributed by atoms with Crippen LogP contribution >= 0.6 is 22.9 Å². The molecule has 0 aliphatic carbocycles. The van der Waals surface area contributed by atoms with Crippen molar-refractivity contribution in [3.05, 3.63) is 76.3 Å².